The molecule has 0 saturated carbocycles. The highest BCUT2D eigenvalue weighted by Crippen LogP contribution is 2.43. The smallest absolute Gasteiger partial charge is 0.222 e. The molecule has 0 bridgehead atoms. The quantitative estimate of drug-likeness (QED) is 0.249. The minimum absolute atomic E-state index is 0.484. The molecule has 0 heterocycles. The van der Waals surface area contributed by atoms with Crippen LogP contribution in [0.2, 0.25) is 0 Å². The van der Waals surface area contributed by atoms with E-state index in [9.17, 15) is 4.57 Å². The molecule has 0 amide bonds. The number of allylic oxidation sites excluding steroid dienone is 7. The largest absolute Gasteiger partial charge is 0.326 e. The van der Waals surface area contributed by atoms with E-state index in [4.69, 9.17) is 4.52 Å². The summed E-state index contributed by atoms with van der Waals surface area (Å²) in [6.07, 6.45) is 12.9. The zero-order valence-electron chi connectivity index (χ0n) is 15.2. The lowest BCUT2D eigenvalue weighted by atomic mass is 10.1. The van der Waals surface area contributed by atoms with Gasteiger partial charge >= 0.3 is 0 Å². The SMILES string of the molecule is CCOP(C)(=O)/C=C/C=C(\C)CC/C=C(\C)CCC=C(C)C. The second-order valence-corrected chi connectivity index (χ2v) is 8.46. The van der Waals surface area contributed by atoms with Gasteiger partial charge in [-0.2, -0.15) is 0 Å². The van der Waals surface area contributed by atoms with Crippen LogP contribution in [0.4, 0.5) is 0 Å². The van der Waals surface area contributed by atoms with Crippen molar-refractivity contribution in [3.05, 3.63) is 46.8 Å². The zero-order chi connectivity index (χ0) is 17.0. The van der Waals surface area contributed by atoms with Crippen molar-refractivity contribution in [2.45, 2.75) is 60.3 Å². The summed E-state index contributed by atoms with van der Waals surface area (Å²) in [5, 5.41) is 0. The molecule has 0 aliphatic rings. The van der Waals surface area contributed by atoms with Crippen molar-refractivity contribution < 1.29 is 9.09 Å². The fourth-order valence-corrected chi connectivity index (χ4v) is 2.98. The Balaban J connectivity index is 4.19. The molecule has 126 valence electrons. The van der Waals surface area contributed by atoms with Crippen molar-refractivity contribution >= 4 is 7.37 Å². The highest BCUT2D eigenvalue weighted by Gasteiger charge is 2.07. The lowest BCUT2D eigenvalue weighted by Gasteiger charge is -2.05. The van der Waals surface area contributed by atoms with E-state index in [-0.39, 0.29) is 0 Å². The summed E-state index contributed by atoms with van der Waals surface area (Å²) in [6, 6.07) is 0. The molecule has 2 nitrogen and oxygen atoms in total. The van der Waals surface area contributed by atoms with Crippen molar-refractivity contribution in [1.29, 1.82) is 0 Å². The number of hydrogen-bond donors (Lipinski definition) is 0. The van der Waals surface area contributed by atoms with Crippen LogP contribution in [-0.2, 0) is 9.09 Å². The highest BCUT2D eigenvalue weighted by atomic mass is 31.2. The molecule has 0 aliphatic carbocycles. The molecule has 0 aromatic rings. The first-order valence-corrected chi connectivity index (χ1v) is 10.3. The molecule has 0 N–H and O–H groups in total. The van der Waals surface area contributed by atoms with Gasteiger partial charge in [-0.1, -0.05) is 41.0 Å². The minimum atomic E-state index is -2.55. The Morgan fingerprint density at radius 3 is 2.18 bits per heavy atom. The Labute approximate surface area is 137 Å². The van der Waals surface area contributed by atoms with Crippen molar-refractivity contribution in [2.24, 2.45) is 0 Å². The fraction of sp³-hybridized carbons (Fsp3) is 0.579. The van der Waals surface area contributed by atoms with Crippen LogP contribution in [0, 0.1) is 0 Å². The summed E-state index contributed by atoms with van der Waals surface area (Å²) in [5.41, 5.74) is 4.13. The van der Waals surface area contributed by atoms with Crippen LogP contribution in [0.15, 0.2) is 46.8 Å². The second-order valence-electron chi connectivity index (χ2n) is 6.09. The van der Waals surface area contributed by atoms with E-state index in [1.165, 1.54) is 16.7 Å². The maximum Gasteiger partial charge on any atom is 0.222 e. The van der Waals surface area contributed by atoms with E-state index in [0.717, 1.165) is 25.7 Å². The Kier molecular flexibility index (Phi) is 11.2. The molecule has 3 heteroatoms. The Morgan fingerprint density at radius 1 is 1.00 bits per heavy atom. The van der Waals surface area contributed by atoms with Crippen LogP contribution in [0.1, 0.15) is 60.3 Å². The van der Waals surface area contributed by atoms with Gasteiger partial charge in [0.2, 0.25) is 7.37 Å². The normalized spacial score (nSPS) is 15.9. The molecular formula is C19H33O2P. The monoisotopic (exact) mass is 324 g/mol. The summed E-state index contributed by atoms with van der Waals surface area (Å²) in [5.74, 6) is 1.68. The minimum Gasteiger partial charge on any atom is -0.326 e. The van der Waals surface area contributed by atoms with Gasteiger partial charge in [0.1, 0.15) is 0 Å². The first-order chi connectivity index (χ1) is 10.3. The van der Waals surface area contributed by atoms with Crippen LogP contribution in [0.5, 0.6) is 0 Å². The lowest BCUT2D eigenvalue weighted by molar-refractivity contribution is 0.344. The standard InChI is InChI=1S/C19H33O2P/c1-7-21-22(6,20)16-10-15-19(5)14-9-13-18(4)12-8-11-17(2)3/h10-11,13,15-16H,7-9,12,14H2,1-6H3/b16-10+,18-13+,19-15+. The van der Waals surface area contributed by atoms with Crippen LogP contribution in [-0.4, -0.2) is 13.3 Å². The number of hydrogen-bond acceptors (Lipinski definition) is 2. The average molecular weight is 324 g/mol. The van der Waals surface area contributed by atoms with Gasteiger partial charge in [-0.15, -0.1) is 0 Å². The van der Waals surface area contributed by atoms with Crippen molar-refractivity contribution in [3.63, 3.8) is 0 Å². The average Bonchev–Trinajstić information content (AvgIpc) is 2.37. The second kappa shape index (κ2) is 11.7. The van der Waals surface area contributed by atoms with Gasteiger partial charge in [0, 0.05) is 12.5 Å². The molecule has 0 aromatic heterocycles. The highest BCUT2D eigenvalue weighted by molar-refractivity contribution is 7.61. The molecule has 0 rings (SSSR count). The van der Waals surface area contributed by atoms with E-state index in [2.05, 4.69) is 39.8 Å². The number of rotatable bonds is 10. The maximum atomic E-state index is 11.9. The Hall–Kier alpha value is -0.850. The van der Waals surface area contributed by atoms with Crippen molar-refractivity contribution in [2.75, 3.05) is 13.3 Å². The van der Waals surface area contributed by atoms with E-state index in [1.54, 1.807) is 12.5 Å². The van der Waals surface area contributed by atoms with Gasteiger partial charge in [-0.05, 0) is 60.3 Å². The van der Waals surface area contributed by atoms with Gasteiger partial charge in [0.15, 0.2) is 0 Å². The first-order valence-electron chi connectivity index (χ1n) is 8.12. The molecular weight excluding hydrogens is 291 g/mol. The summed E-state index contributed by atoms with van der Waals surface area (Å²) in [6.45, 7) is 12.6. The fourth-order valence-electron chi connectivity index (χ4n) is 1.98. The third-order valence-electron chi connectivity index (χ3n) is 3.25. The van der Waals surface area contributed by atoms with Gasteiger partial charge < -0.3 is 4.52 Å². The van der Waals surface area contributed by atoms with Crippen LogP contribution in [0.3, 0.4) is 0 Å². The summed E-state index contributed by atoms with van der Waals surface area (Å²) in [4.78, 5) is 0. The Morgan fingerprint density at radius 2 is 1.59 bits per heavy atom. The molecule has 0 fully saturated rings. The van der Waals surface area contributed by atoms with E-state index < -0.39 is 7.37 Å². The van der Waals surface area contributed by atoms with Crippen LogP contribution < -0.4 is 0 Å². The van der Waals surface area contributed by atoms with E-state index >= 15 is 0 Å². The summed E-state index contributed by atoms with van der Waals surface area (Å²) >= 11 is 0. The van der Waals surface area contributed by atoms with E-state index in [1.807, 2.05) is 19.1 Å². The third-order valence-corrected chi connectivity index (χ3v) is 4.73. The molecule has 1 atom stereocenters. The molecule has 0 aliphatic heterocycles. The van der Waals surface area contributed by atoms with Crippen LogP contribution >= 0.6 is 7.37 Å². The first kappa shape index (κ1) is 21.1. The molecule has 0 saturated heterocycles. The lowest BCUT2D eigenvalue weighted by Crippen LogP contribution is -1.83. The topological polar surface area (TPSA) is 26.3 Å². The van der Waals surface area contributed by atoms with Crippen molar-refractivity contribution in [1.82, 2.24) is 0 Å². The summed E-state index contributed by atoms with van der Waals surface area (Å²) in [7, 11) is -2.55. The van der Waals surface area contributed by atoms with Gasteiger partial charge in [-0.3, -0.25) is 4.57 Å². The van der Waals surface area contributed by atoms with Crippen molar-refractivity contribution in [3.8, 4) is 0 Å². The maximum absolute atomic E-state index is 11.9. The van der Waals surface area contributed by atoms with Gasteiger partial charge in [-0.25, -0.2) is 0 Å². The van der Waals surface area contributed by atoms with Gasteiger partial charge in [0.05, 0.1) is 6.61 Å². The van der Waals surface area contributed by atoms with E-state index in [0.29, 0.717) is 6.61 Å². The Bertz CT molecular complexity index is 478. The predicted octanol–water partition coefficient (Wildman–Crippen LogP) is 6.86. The molecule has 0 aromatic carbocycles. The van der Waals surface area contributed by atoms with Crippen LogP contribution in [0.25, 0.3) is 0 Å². The zero-order valence-corrected chi connectivity index (χ0v) is 16.1. The molecule has 1 unspecified atom stereocenters. The van der Waals surface area contributed by atoms with Gasteiger partial charge in [0.25, 0.3) is 0 Å². The molecule has 22 heavy (non-hydrogen) atoms. The summed E-state index contributed by atoms with van der Waals surface area (Å²) < 4.78 is 17.1. The third kappa shape index (κ3) is 12.9. The predicted molar refractivity (Wildman–Crippen MR) is 99.7 cm³/mol. The molecule has 0 radical (unpaired) electrons. The molecule has 0 spiro atoms.